The van der Waals surface area contributed by atoms with E-state index in [0.717, 1.165) is 24.7 Å². The van der Waals surface area contributed by atoms with E-state index in [0.29, 0.717) is 0 Å². The van der Waals surface area contributed by atoms with Crippen LogP contribution in [0, 0.1) is 22.0 Å². The summed E-state index contributed by atoms with van der Waals surface area (Å²) < 4.78 is 0. The largest absolute Gasteiger partial charge is 0.269 e. The molecule has 1 atom stereocenters. The Balaban J connectivity index is 2.50. The number of non-ortho nitro benzene ring substituents is 1. The van der Waals surface area contributed by atoms with Crippen molar-refractivity contribution in [3.8, 4) is 0 Å². The van der Waals surface area contributed by atoms with Crippen molar-refractivity contribution >= 4 is 5.69 Å². The van der Waals surface area contributed by atoms with Crippen molar-refractivity contribution in [2.24, 2.45) is 11.8 Å². The van der Waals surface area contributed by atoms with Gasteiger partial charge in [0.15, 0.2) is 0 Å². The van der Waals surface area contributed by atoms with Gasteiger partial charge in [0.2, 0.25) is 0 Å². The summed E-state index contributed by atoms with van der Waals surface area (Å²) in [6.45, 7) is 6.80. The quantitative estimate of drug-likeness (QED) is 0.523. The zero-order valence-electron chi connectivity index (χ0n) is 11.6. The third kappa shape index (κ3) is 4.13. The van der Waals surface area contributed by atoms with Crippen molar-refractivity contribution in [2.75, 3.05) is 0 Å². The summed E-state index contributed by atoms with van der Waals surface area (Å²) in [5, 5.41) is 10.6. The van der Waals surface area contributed by atoms with Crippen LogP contribution in [0.4, 0.5) is 5.69 Å². The molecule has 0 spiro atoms. The molecule has 0 aromatic heterocycles. The van der Waals surface area contributed by atoms with Gasteiger partial charge in [0.1, 0.15) is 0 Å². The zero-order chi connectivity index (χ0) is 13.5. The van der Waals surface area contributed by atoms with Gasteiger partial charge in [-0.2, -0.15) is 0 Å². The van der Waals surface area contributed by atoms with E-state index in [2.05, 4.69) is 20.8 Å². The van der Waals surface area contributed by atoms with Crippen LogP contribution in [-0.4, -0.2) is 4.92 Å². The summed E-state index contributed by atoms with van der Waals surface area (Å²) in [5.41, 5.74) is 1.37. The number of aryl methyl sites for hydroxylation is 1. The van der Waals surface area contributed by atoms with Crippen LogP contribution in [0.1, 0.15) is 45.6 Å². The highest BCUT2D eigenvalue weighted by Crippen LogP contribution is 2.24. The topological polar surface area (TPSA) is 43.1 Å². The molecule has 0 aliphatic rings. The average Bonchev–Trinajstić information content (AvgIpc) is 2.38. The molecule has 1 aromatic carbocycles. The van der Waals surface area contributed by atoms with E-state index in [1.807, 2.05) is 12.1 Å². The number of hydrogen-bond acceptors (Lipinski definition) is 2. The molecule has 0 aliphatic carbocycles. The zero-order valence-corrected chi connectivity index (χ0v) is 11.6. The molecule has 0 N–H and O–H groups in total. The Morgan fingerprint density at radius 3 is 2.17 bits per heavy atom. The van der Waals surface area contributed by atoms with Gasteiger partial charge in [0, 0.05) is 12.1 Å². The second-order valence-electron chi connectivity index (χ2n) is 5.02. The van der Waals surface area contributed by atoms with Crippen molar-refractivity contribution < 1.29 is 4.92 Å². The van der Waals surface area contributed by atoms with Crippen molar-refractivity contribution in [3.63, 3.8) is 0 Å². The summed E-state index contributed by atoms with van der Waals surface area (Å²) in [5.74, 6) is 1.51. The molecule has 18 heavy (non-hydrogen) atoms. The Bertz CT molecular complexity index is 369. The highest BCUT2D eigenvalue weighted by molar-refractivity contribution is 5.32. The van der Waals surface area contributed by atoms with Crippen LogP contribution < -0.4 is 0 Å². The fourth-order valence-electron chi connectivity index (χ4n) is 2.51. The summed E-state index contributed by atoms with van der Waals surface area (Å²) in [6, 6.07) is 6.93. The predicted molar refractivity (Wildman–Crippen MR) is 74.7 cm³/mol. The van der Waals surface area contributed by atoms with E-state index < -0.39 is 0 Å². The van der Waals surface area contributed by atoms with Gasteiger partial charge in [0.25, 0.3) is 5.69 Å². The molecule has 0 aliphatic heterocycles. The summed E-state index contributed by atoms with van der Waals surface area (Å²) >= 11 is 0. The SMILES string of the molecule is CCC(CC)C(C)CCc1ccc([N+](=O)[O-])cc1. The van der Waals surface area contributed by atoms with Crippen molar-refractivity contribution in [1.82, 2.24) is 0 Å². The third-order valence-electron chi connectivity index (χ3n) is 3.89. The lowest BCUT2D eigenvalue weighted by molar-refractivity contribution is -0.384. The highest BCUT2D eigenvalue weighted by atomic mass is 16.6. The minimum atomic E-state index is -0.351. The smallest absolute Gasteiger partial charge is 0.258 e. The lowest BCUT2D eigenvalue weighted by atomic mass is 9.85. The molecule has 100 valence electrons. The Kier molecular flexibility index (Phi) is 5.83. The van der Waals surface area contributed by atoms with Gasteiger partial charge in [-0.1, -0.05) is 45.7 Å². The van der Waals surface area contributed by atoms with E-state index in [-0.39, 0.29) is 10.6 Å². The molecule has 0 bridgehead atoms. The Morgan fingerprint density at radius 2 is 1.72 bits per heavy atom. The average molecular weight is 249 g/mol. The molecule has 0 heterocycles. The molecular formula is C15H23NO2. The maximum atomic E-state index is 10.6. The standard InChI is InChI=1S/C15H23NO2/c1-4-14(5-2)12(3)6-7-13-8-10-15(11-9-13)16(17)18/h8-12,14H,4-7H2,1-3H3. The Morgan fingerprint density at radius 1 is 1.17 bits per heavy atom. The van der Waals surface area contributed by atoms with Crippen LogP contribution >= 0.6 is 0 Å². The van der Waals surface area contributed by atoms with E-state index in [1.165, 1.54) is 18.4 Å². The van der Waals surface area contributed by atoms with Crippen molar-refractivity contribution in [1.29, 1.82) is 0 Å². The van der Waals surface area contributed by atoms with Crippen LogP contribution in [0.5, 0.6) is 0 Å². The summed E-state index contributed by atoms with van der Waals surface area (Å²) in [6.07, 6.45) is 4.63. The fraction of sp³-hybridized carbons (Fsp3) is 0.600. The van der Waals surface area contributed by atoms with Gasteiger partial charge in [-0.05, 0) is 30.2 Å². The predicted octanol–water partition coefficient (Wildman–Crippen LogP) is 4.60. The van der Waals surface area contributed by atoms with Gasteiger partial charge in [-0.3, -0.25) is 10.1 Å². The van der Waals surface area contributed by atoms with Crippen LogP contribution in [0.2, 0.25) is 0 Å². The van der Waals surface area contributed by atoms with Crippen LogP contribution in [0.3, 0.4) is 0 Å². The maximum absolute atomic E-state index is 10.6. The molecule has 0 saturated heterocycles. The van der Waals surface area contributed by atoms with E-state index >= 15 is 0 Å². The second-order valence-corrected chi connectivity index (χ2v) is 5.02. The molecule has 0 fully saturated rings. The van der Waals surface area contributed by atoms with E-state index in [1.54, 1.807) is 12.1 Å². The minimum Gasteiger partial charge on any atom is -0.258 e. The first-order valence-corrected chi connectivity index (χ1v) is 6.81. The van der Waals surface area contributed by atoms with Gasteiger partial charge >= 0.3 is 0 Å². The first-order valence-electron chi connectivity index (χ1n) is 6.81. The number of nitrogens with zero attached hydrogens (tertiary/aromatic N) is 1. The number of nitro groups is 1. The second kappa shape index (κ2) is 7.14. The maximum Gasteiger partial charge on any atom is 0.269 e. The number of benzene rings is 1. The Labute approximate surface area is 109 Å². The number of rotatable bonds is 7. The van der Waals surface area contributed by atoms with Gasteiger partial charge in [0.05, 0.1) is 4.92 Å². The summed E-state index contributed by atoms with van der Waals surface area (Å²) in [4.78, 5) is 10.2. The molecule has 1 aromatic rings. The van der Waals surface area contributed by atoms with Crippen LogP contribution in [-0.2, 0) is 6.42 Å². The Hall–Kier alpha value is -1.38. The highest BCUT2D eigenvalue weighted by Gasteiger charge is 2.13. The summed E-state index contributed by atoms with van der Waals surface area (Å²) in [7, 11) is 0. The van der Waals surface area contributed by atoms with Gasteiger partial charge < -0.3 is 0 Å². The fourth-order valence-corrected chi connectivity index (χ4v) is 2.51. The first kappa shape index (κ1) is 14.7. The third-order valence-corrected chi connectivity index (χ3v) is 3.89. The van der Waals surface area contributed by atoms with E-state index in [9.17, 15) is 10.1 Å². The molecule has 0 saturated carbocycles. The van der Waals surface area contributed by atoms with E-state index in [4.69, 9.17) is 0 Å². The van der Waals surface area contributed by atoms with Gasteiger partial charge in [-0.25, -0.2) is 0 Å². The number of hydrogen-bond donors (Lipinski definition) is 0. The lowest BCUT2D eigenvalue weighted by Gasteiger charge is -2.21. The molecule has 0 amide bonds. The van der Waals surface area contributed by atoms with Gasteiger partial charge in [-0.15, -0.1) is 0 Å². The molecule has 0 radical (unpaired) electrons. The molecule has 3 nitrogen and oxygen atoms in total. The first-order chi connectivity index (χ1) is 8.58. The number of nitro benzene ring substituents is 1. The van der Waals surface area contributed by atoms with Crippen molar-refractivity contribution in [2.45, 2.75) is 46.5 Å². The normalized spacial score (nSPS) is 12.7. The molecule has 1 rings (SSSR count). The van der Waals surface area contributed by atoms with Crippen LogP contribution in [0.25, 0.3) is 0 Å². The molecular weight excluding hydrogens is 226 g/mol. The minimum absolute atomic E-state index is 0.173. The molecule has 3 heteroatoms. The monoisotopic (exact) mass is 249 g/mol. The molecule has 1 unspecified atom stereocenters. The van der Waals surface area contributed by atoms with Crippen molar-refractivity contribution in [3.05, 3.63) is 39.9 Å². The lowest BCUT2D eigenvalue weighted by Crippen LogP contribution is -2.10. The van der Waals surface area contributed by atoms with Crippen LogP contribution in [0.15, 0.2) is 24.3 Å².